The van der Waals surface area contributed by atoms with Crippen molar-refractivity contribution in [2.75, 3.05) is 39.3 Å². The van der Waals surface area contributed by atoms with Crippen molar-refractivity contribution in [2.24, 2.45) is 58.4 Å². The largest absolute Gasteiger partial charge is 0.508 e. The summed E-state index contributed by atoms with van der Waals surface area (Å²) in [7, 11) is 0. The van der Waals surface area contributed by atoms with Crippen molar-refractivity contribution in [2.45, 2.75) is 303 Å². The van der Waals surface area contributed by atoms with Crippen molar-refractivity contribution in [1.82, 2.24) is 73.6 Å². The first kappa shape index (κ1) is 100. The number of fused-ring (bicyclic) bond motifs is 2. The highest BCUT2D eigenvalue weighted by molar-refractivity contribution is 6.01. The maximum atomic E-state index is 15.3. The van der Waals surface area contributed by atoms with Gasteiger partial charge in [0.1, 0.15) is 96.1 Å². The number of phenols is 2. The molecule has 0 radical (unpaired) electrons. The van der Waals surface area contributed by atoms with E-state index < -0.39 is 185 Å². The van der Waals surface area contributed by atoms with Crippen molar-refractivity contribution < 1.29 is 77.3 Å². The number of unbranched alkanes of at least 4 members (excludes halogenated alkanes) is 4. The number of hydrogen-bond acceptors (Lipinski definition) is 20. The van der Waals surface area contributed by atoms with Gasteiger partial charge in [-0.15, -0.1) is 0 Å². The molecule has 34 heteroatoms. The summed E-state index contributed by atoms with van der Waals surface area (Å²) >= 11 is 0. The SMILES string of the molecule is CC(C)C[C@@H]1NC(=O)[C@H](CCCCN)NC(=O)[C@H](C(C)C)NC(=O)[C@@H]2CCCN2C(=O)[C@@H](Cc2ccc(O)cc2)NC(=O)[C@H](CC(C)C)NC(=O)[C@H](CCCCN)NC(=O)[C@H](C(C)C)NC(=O)[C@H](CCCCN)NC(=O)[C@H](CC(C)C)NC(=O)[C@@H]2CCCN2C(=O)[C@@H](Cc2ccc(O)cc2)NC(=O)[C@H](CCCCN)NC(=O)[C@H](C(C)C)NC1=O. The van der Waals surface area contributed by atoms with Crippen LogP contribution < -0.4 is 86.7 Å². The van der Waals surface area contributed by atoms with E-state index in [9.17, 15) is 58.2 Å². The van der Waals surface area contributed by atoms with Crippen molar-refractivity contribution >= 4 is 82.7 Å². The summed E-state index contributed by atoms with van der Waals surface area (Å²) in [6.45, 7) is 22.0. The molecule has 0 unspecified atom stereocenters. The predicted octanol–water partition coefficient (Wildman–Crippen LogP) is 1.32. The zero-order valence-electron chi connectivity index (χ0n) is 72.1. The summed E-state index contributed by atoms with van der Waals surface area (Å²) in [6.07, 6.45) is 3.87. The number of rotatable bonds is 29. The highest BCUT2D eigenvalue weighted by Crippen LogP contribution is 2.26. The Morgan fingerprint density at radius 1 is 0.303 bits per heavy atom. The summed E-state index contributed by atoms with van der Waals surface area (Å²) in [6, 6.07) is -6.54. The molecule has 3 aliphatic heterocycles. The molecular formula is C85H140N18O16. The summed E-state index contributed by atoms with van der Waals surface area (Å²) < 4.78 is 0. The number of carbonyl (C=O) groups excluding carboxylic acids is 14. The third-order valence-corrected chi connectivity index (χ3v) is 21.7. The molecule has 14 amide bonds. The Morgan fingerprint density at radius 2 is 0.529 bits per heavy atom. The summed E-state index contributed by atoms with van der Waals surface area (Å²) in [4.78, 5) is 212. The Bertz CT molecular complexity index is 3660. The minimum atomic E-state index is -1.41. The molecule has 22 N–H and O–H groups in total. The van der Waals surface area contributed by atoms with Crippen LogP contribution in [0.25, 0.3) is 0 Å². The Kier molecular flexibility index (Phi) is 42.5. The highest BCUT2D eigenvalue weighted by atomic mass is 16.3. The molecule has 2 aromatic rings. The van der Waals surface area contributed by atoms with E-state index in [2.05, 4.69) is 63.8 Å². The van der Waals surface area contributed by atoms with E-state index in [1.165, 1.54) is 34.1 Å². The van der Waals surface area contributed by atoms with Gasteiger partial charge >= 0.3 is 0 Å². The van der Waals surface area contributed by atoms with Crippen LogP contribution in [0.4, 0.5) is 0 Å². The van der Waals surface area contributed by atoms with Gasteiger partial charge in [0.05, 0.1) is 0 Å². The van der Waals surface area contributed by atoms with Gasteiger partial charge in [-0.1, -0.05) is 107 Å². The van der Waals surface area contributed by atoms with Crippen molar-refractivity contribution in [3.63, 3.8) is 0 Å². The first-order valence-corrected chi connectivity index (χ1v) is 43.0. The molecule has 0 bridgehead atoms. The number of nitrogens with two attached hydrogens (primary N) is 4. The van der Waals surface area contributed by atoms with Crippen LogP contribution in [0.1, 0.15) is 216 Å². The number of amides is 14. The van der Waals surface area contributed by atoms with E-state index in [0.717, 1.165) is 0 Å². The van der Waals surface area contributed by atoms with Crippen LogP contribution in [-0.2, 0) is 80.0 Å². The lowest BCUT2D eigenvalue weighted by Crippen LogP contribution is -2.62. The molecule has 3 saturated heterocycles. The quantitative estimate of drug-likeness (QED) is 0.0511. The fraction of sp³-hybridized carbons (Fsp3) is 0.694. The molecule has 666 valence electrons. The zero-order valence-corrected chi connectivity index (χ0v) is 72.1. The fourth-order valence-corrected chi connectivity index (χ4v) is 15.1. The zero-order chi connectivity index (χ0) is 88.3. The summed E-state index contributed by atoms with van der Waals surface area (Å²) in [5.74, 6) is -13.4. The van der Waals surface area contributed by atoms with E-state index in [-0.39, 0.29) is 139 Å². The molecule has 3 heterocycles. The molecule has 2 aromatic carbocycles. The van der Waals surface area contributed by atoms with E-state index in [4.69, 9.17) is 22.9 Å². The Labute approximate surface area is 701 Å². The van der Waals surface area contributed by atoms with Gasteiger partial charge in [0, 0.05) is 25.9 Å². The van der Waals surface area contributed by atoms with Crippen LogP contribution in [0, 0.1) is 35.5 Å². The van der Waals surface area contributed by atoms with Gasteiger partial charge in [-0.25, -0.2) is 0 Å². The van der Waals surface area contributed by atoms with Crippen LogP contribution in [0.2, 0.25) is 0 Å². The maximum absolute atomic E-state index is 15.3. The van der Waals surface area contributed by atoms with Crippen molar-refractivity contribution in [1.29, 1.82) is 0 Å². The Balaban J connectivity index is 1.65. The molecule has 34 nitrogen and oxygen atoms in total. The average Bonchev–Trinajstić information content (AvgIpc) is 1.76. The molecule has 0 saturated carbocycles. The van der Waals surface area contributed by atoms with Crippen molar-refractivity contribution in [3.8, 4) is 11.5 Å². The lowest BCUT2D eigenvalue weighted by molar-refractivity contribution is -0.143. The topological polar surface area (TPSA) is 534 Å². The van der Waals surface area contributed by atoms with E-state index in [0.29, 0.717) is 75.3 Å². The second kappa shape index (κ2) is 50.5. The standard InChI is InChI=1S/C85H140N18O16/c1-48(2)43-62-77(111)98-66(47-55-31-35-57(105)36-32-55)85(119)103-42-22-28-68(103)80(114)101-71(53(11)12)83(117)92-59(24-14-18-38-87)73(107)95-64(45-50(5)6)78(112)100-70(52(9)10)82(116)93-60(25-15-19-39-88)74(108)97-65(46-54-29-33-56(104)34-30-54)84(118)102-41-21-27-67(102)79(113)96-63(44-49(3)4)76(110)90-61(26-16-20-40-89)75(109)99-69(51(7)8)81(115)91-58(72(106)94-62)23-13-17-37-86/h29-36,48-53,58-71,104-105H,13-28,37-47,86-89H2,1-12H3,(H,90,110)(H,91,115)(H,92,117)(H,93,116)(H,94,106)(H,95,107)(H,96,113)(H,97,108)(H,98,111)(H,99,109)(H,100,112)(H,101,114)/t58-,59-,60-,61-,62-,63-,64-,65+,66+,67-,68-,69-,70-,71-/m0/s1. The molecule has 0 aromatic heterocycles. The number of aromatic hydroxyl groups is 2. The minimum absolute atomic E-state index is 0.00805. The predicted molar refractivity (Wildman–Crippen MR) is 451 cm³/mol. The first-order chi connectivity index (χ1) is 56.4. The van der Waals surface area contributed by atoms with Gasteiger partial charge < -0.3 is 107 Å². The van der Waals surface area contributed by atoms with Crippen molar-refractivity contribution in [3.05, 3.63) is 59.7 Å². The number of phenolic OH excluding ortho intramolecular Hbond substituents is 2. The fourth-order valence-electron chi connectivity index (χ4n) is 15.1. The van der Waals surface area contributed by atoms with E-state index >= 15 is 19.2 Å². The van der Waals surface area contributed by atoms with Gasteiger partial charge in [-0.05, 0) is 219 Å². The molecule has 0 aliphatic carbocycles. The second-order valence-corrected chi connectivity index (χ2v) is 34.4. The molecule has 3 fully saturated rings. The van der Waals surface area contributed by atoms with E-state index in [1.807, 2.05) is 41.5 Å². The van der Waals surface area contributed by atoms with E-state index in [1.54, 1.807) is 65.8 Å². The summed E-state index contributed by atoms with van der Waals surface area (Å²) in [5, 5.41) is 54.7. The average molecular weight is 1670 g/mol. The maximum Gasteiger partial charge on any atom is 0.246 e. The lowest BCUT2D eigenvalue weighted by Gasteiger charge is -2.32. The van der Waals surface area contributed by atoms with Gasteiger partial charge in [0.15, 0.2) is 0 Å². The Hall–Kier alpha value is -9.54. The molecule has 119 heavy (non-hydrogen) atoms. The van der Waals surface area contributed by atoms with Crippen LogP contribution >= 0.6 is 0 Å². The smallest absolute Gasteiger partial charge is 0.246 e. The monoisotopic (exact) mass is 1670 g/mol. The number of benzene rings is 2. The van der Waals surface area contributed by atoms with Crippen LogP contribution in [0.5, 0.6) is 11.5 Å². The van der Waals surface area contributed by atoms with Gasteiger partial charge in [-0.2, -0.15) is 0 Å². The third kappa shape index (κ3) is 32.5. The van der Waals surface area contributed by atoms with Crippen LogP contribution in [-0.4, -0.2) is 227 Å². The molecule has 0 spiro atoms. The third-order valence-electron chi connectivity index (χ3n) is 21.7. The van der Waals surface area contributed by atoms with Gasteiger partial charge in [0.2, 0.25) is 82.7 Å². The molecular weight excluding hydrogens is 1530 g/mol. The lowest BCUT2D eigenvalue weighted by atomic mass is 9.98. The number of carbonyl (C=O) groups is 14. The minimum Gasteiger partial charge on any atom is -0.508 e. The summed E-state index contributed by atoms with van der Waals surface area (Å²) in [5.41, 5.74) is 24.8. The molecule has 3 aliphatic rings. The normalized spacial score (nSPS) is 25.7. The molecule has 14 atom stereocenters. The van der Waals surface area contributed by atoms with Gasteiger partial charge in [-0.3, -0.25) is 67.1 Å². The first-order valence-electron chi connectivity index (χ1n) is 43.0. The number of nitrogens with one attached hydrogen (secondary N) is 12. The second-order valence-electron chi connectivity index (χ2n) is 34.4. The number of nitrogens with zero attached hydrogens (tertiary/aromatic N) is 2. The van der Waals surface area contributed by atoms with Crippen LogP contribution in [0.3, 0.4) is 0 Å². The van der Waals surface area contributed by atoms with Crippen LogP contribution in [0.15, 0.2) is 48.5 Å². The molecule has 5 rings (SSSR count). The Morgan fingerprint density at radius 3 is 0.807 bits per heavy atom. The number of hydrogen-bond donors (Lipinski definition) is 18. The highest BCUT2D eigenvalue weighted by Gasteiger charge is 2.45. The van der Waals surface area contributed by atoms with Gasteiger partial charge in [0.25, 0.3) is 0 Å².